The van der Waals surface area contributed by atoms with Crippen molar-refractivity contribution in [2.24, 2.45) is 0 Å². The molecule has 3 heterocycles. The number of hydrogen-bond acceptors (Lipinski definition) is 8. The van der Waals surface area contributed by atoms with Gasteiger partial charge in [-0.3, -0.25) is 9.48 Å². The van der Waals surface area contributed by atoms with E-state index in [1.165, 1.54) is 31.6 Å². The van der Waals surface area contributed by atoms with Crippen LogP contribution in [0.4, 0.5) is 27.4 Å². The fraction of sp³-hybridized carbons (Fsp3) is 0.261. The number of aromatic nitrogens is 5. The Hall–Kier alpha value is -4.28. The number of aryl methyl sites for hydroxylation is 3. The number of amides is 1. The van der Waals surface area contributed by atoms with E-state index in [1.54, 1.807) is 24.6 Å². The highest BCUT2D eigenvalue weighted by atomic mass is 19.1. The van der Waals surface area contributed by atoms with E-state index in [2.05, 4.69) is 30.7 Å². The number of carbonyl (C=O) groups excluding carboxylic acids is 1. The van der Waals surface area contributed by atoms with Gasteiger partial charge in [-0.05, 0) is 26.8 Å². The highest BCUT2D eigenvalue weighted by Gasteiger charge is 2.22. The summed E-state index contributed by atoms with van der Waals surface area (Å²) in [6.45, 7) is 3.06. The van der Waals surface area contributed by atoms with Crippen molar-refractivity contribution in [1.29, 1.82) is 0 Å². The predicted octanol–water partition coefficient (Wildman–Crippen LogP) is 3.85. The molecule has 0 aliphatic rings. The van der Waals surface area contributed by atoms with E-state index >= 15 is 0 Å². The minimum Gasteiger partial charge on any atom is -0.492 e. The standard InChI is InChI=1S/C23H25FN8O2/c1-6-32-20-14(11-27-32)15(24)10-17(21(20)34-5)30-16-7-8-26-22(19(16)23(33)25-4)31-18-9-12(2)28-13(3)29-18/h7-11H,6H2,1-5H3,(H,25,33)(H2,26,28,29,30,31)/i4D3. The quantitative estimate of drug-likeness (QED) is 0.375. The lowest BCUT2D eigenvalue weighted by Gasteiger charge is -2.18. The smallest absolute Gasteiger partial charge is 0.256 e. The van der Waals surface area contributed by atoms with Crippen LogP contribution in [0.3, 0.4) is 0 Å². The highest BCUT2D eigenvalue weighted by Crippen LogP contribution is 2.38. The summed E-state index contributed by atoms with van der Waals surface area (Å²) in [5.41, 5.74) is 1.34. The van der Waals surface area contributed by atoms with E-state index in [1.807, 2.05) is 12.2 Å². The number of carbonyl (C=O) groups is 1. The second-order valence-corrected chi connectivity index (χ2v) is 7.39. The topological polar surface area (TPSA) is 119 Å². The molecule has 3 N–H and O–H groups in total. The number of fused-ring (bicyclic) bond motifs is 1. The van der Waals surface area contributed by atoms with Crippen LogP contribution in [0.2, 0.25) is 0 Å². The van der Waals surface area contributed by atoms with Gasteiger partial charge in [0.1, 0.15) is 34.4 Å². The molecule has 0 saturated carbocycles. The van der Waals surface area contributed by atoms with E-state index in [9.17, 15) is 9.18 Å². The van der Waals surface area contributed by atoms with Crippen LogP contribution in [-0.2, 0) is 6.54 Å². The number of hydrogen-bond donors (Lipinski definition) is 3. The molecule has 0 radical (unpaired) electrons. The minimum absolute atomic E-state index is 0.0309. The second kappa shape index (κ2) is 9.30. The maximum absolute atomic E-state index is 15.0. The lowest BCUT2D eigenvalue weighted by molar-refractivity contribution is 0.0964. The molecule has 34 heavy (non-hydrogen) atoms. The fourth-order valence-electron chi connectivity index (χ4n) is 3.74. The van der Waals surface area contributed by atoms with Crippen LogP contribution in [0.15, 0.2) is 30.6 Å². The number of nitrogens with zero attached hydrogens (tertiary/aromatic N) is 5. The van der Waals surface area contributed by atoms with Crippen LogP contribution in [0.1, 0.15) is 32.9 Å². The molecule has 3 aromatic heterocycles. The zero-order valence-corrected chi connectivity index (χ0v) is 19.0. The first-order valence-electron chi connectivity index (χ1n) is 11.9. The van der Waals surface area contributed by atoms with Crippen molar-refractivity contribution >= 4 is 39.8 Å². The van der Waals surface area contributed by atoms with E-state index in [-0.39, 0.29) is 28.1 Å². The summed E-state index contributed by atoms with van der Waals surface area (Å²) < 4.78 is 44.7. The Morgan fingerprint density at radius 2 is 2.06 bits per heavy atom. The molecule has 11 heteroatoms. The molecule has 10 nitrogen and oxygen atoms in total. The third-order valence-electron chi connectivity index (χ3n) is 5.10. The van der Waals surface area contributed by atoms with Gasteiger partial charge in [-0.2, -0.15) is 5.10 Å². The summed E-state index contributed by atoms with van der Waals surface area (Å²) in [7, 11) is 1.44. The zero-order valence-electron chi connectivity index (χ0n) is 22.0. The van der Waals surface area contributed by atoms with Crippen molar-refractivity contribution in [3.05, 3.63) is 53.5 Å². The Labute approximate surface area is 199 Å². The molecule has 176 valence electrons. The normalized spacial score (nSPS) is 12.6. The summed E-state index contributed by atoms with van der Waals surface area (Å²) in [4.78, 5) is 25.9. The number of methoxy groups -OCH3 is 1. The molecule has 0 aliphatic heterocycles. The van der Waals surface area contributed by atoms with Gasteiger partial charge >= 0.3 is 0 Å². The van der Waals surface area contributed by atoms with Gasteiger partial charge < -0.3 is 20.7 Å². The molecule has 1 aromatic carbocycles. The van der Waals surface area contributed by atoms with Crippen molar-refractivity contribution in [3.8, 4) is 5.75 Å². The molecule has 0 spiro atoms. The van der Waals surface area contributed by atoms with E-state index in [0.29, 0.717) is 35.1 Å². The van der Waals surface area contributed by atoms with Crippen LogP contribution < -0.4 is 20.7 Å². The van der Waals surface area contributed by atoms with Crippen LogP contribution >= 0.6 is 0 Å². The molecule has 4 rings (SSSR count). The predicted molar refractivity (Wildman–Crippen MR) is 128 cm³/mol. The molecule has 0 fully saturated rings. The van der Waals surface area contributed by atoms with Crippen LogP contribution in [0.25, 0.3) is 10.9 Å². The van der Waals surface area contributed by atoms with Gasteiger partial charge in [-0.1, -0.05) is 0 Å². The number of anilines is 4. The van der Waals surface area contributed by atoms with Gasteiger partial charge in [0, 0.05) is 41.7 Å². The lowest BCUT2D eigenvalue weighted by atomic mass is 10.1. The Kier molecular flexibility index (Phi) is 5.25. The number of halogens is 1. The third-order valence-corrected chi connectivity index (χ3v) is 5.10. The Morgan fingerprint density at radius 3 is 2.76 bits per heavy atom. The SMILES string of the molecule is [2H]C([2H])([2H])NC(=O)c1c(Nc2cc(F)c3cnn(CC)c3c2OC)ccnc1Nc1cc(C)nc(C)n1. The molecule has 0 bridgehead atoms. The van der Waals surface area contributed by atoms with Crippen LogP contribution in [0, 0.1) is 19.7 Å². The minimum atomic E-state index is -2.76. The van der Waals surface area contributed by atoms with Crippen molar-refractivity contribution in [1.82, 2.24) is 30.0 Å². The van der Waals surface area contributed by atoms with Crippen molar-refractivity contribution < 1.29 is 18.0 Å². The van der Waals surface area contributed by atoms with Gasteiger partial charge in [0.2, 0.25) is 0 Å². The largest absolute Gasteiger partial charge is 0.492 e. The Balaban J connectivity index is 1.86. The Bertz CT molecular complexity index is 1470. The van der Waals surface area contributed by atoms with E-state index < -0.39 is 18.7 Å². The number of ether oxygens (including phenoxy) is 1. The third kappa shape index (κ3) is 4.19. The molecule has 0 unspecified atom stereocenters. The average molecular weight is 468 g/mol. The highest BCUT2D eigenvalue weighted by molar-refractivity contribution is 6.05. The monoisotopic (exact) mass is 467 g/mol. The lowest BCUT2D eigenvalue weighted by Crippen LogP contribution is -2.21. The number of nitrogens with one attached hydrogen (secondary N) is 3. The second-order valence-electron chi connectivity index (χ2n) is 7.39. The summed E-state index contributed by atoms with van der Waals surface area (Å²) in [5.74, 6) is -0.305. The van der Waals surface area contributed by atoms with E-state index in [4.69, 9.17) is 8.85 Å². The summed E-state index contributed by atoms with van der Waals surface area (Å²) in [6, 6.07) is 4.34. The van der Waals surface area contributed by atoms with Gasteiger partial charge in [0.15, 0.2) is 5.75 Å². The fourth-order valence-corrected chi connectivity index (χ4v) is 3.74. The molecule has 4 aromatic rings. The first-order valence-corrected chi connectivity index (χ1v) is 10.4. The first kappa shape index (κ1) is 19.2. The van der Waals surface area contributed by atoms with Crippen molar-refractivity contribution in [2.45, 2.75) is 27.3 Å². The summed E-state index contributed by atoms with van der Waals surface area (Å²) >= 11 is 0. The maximum atomic E-state index is 15.0. The van der Waals surface area contributed by atoms with Crippen molar-refractivity contribution in [2.75, 3.05) is 24.7 Å². The average Bonchev–Trinajstić information content (AvgIpc) is 3.22. The first-order chi connectivity index (χ1) is 17.5. The van der Waals surface area contributed by atoms with Gasteiger partial charge in [-0.25, -0.2) is 19.3 Å². The number of rotatable bonds is 7. The van der Waals surface area contributed by atoms with Gasteiger partial charge in [0.25, 0.3) is 5.91 Å². The van der Waals surface area contributed by atoms with Crippen LogP contribution in [-0.4, -0.2) is 44.7 Å². The number of benzene rings is 1. The van der Waals surface area contributed by atoms with Crippen molar-refractivity contribution in [3.63, 3.8) is 0 Å². The molecule has 0 saturated heterocycles. The molecule has 1 amide bonds. The Morgan fingerprint density at radius 1 is 1.24 bits per heavy atom. The number of pyridine rings is 1. The van der Waals surface area contributed by atoms with E-state index in [0.717, 1.165) is 0 Å². The summed E-state index contributed by atoms with van der Waals surface area (Å²) in [5, 5.41) is 12.4. The molecular formula is C23H25FN8O2. The maximum Gasteiger partial charge on any atom is 0.256 e. The van der Waals surface area contributed by atoms with Gasteiger partial charge in [0.05, 0.1) is 30.1 Å². The van der Waals surface area contributed by atoms with Gasteiger partial charge in [-0.15, -0.1) is 0 Å². The van der Waals surface area contributed by atoms with Crippen LogP contribution in [0.5, 0.6) is 5.75 Å². The molecule has 0 atom stereocenters. The summed E-state index contributed by atoms with van der Waals surface area (Å²) in [6.07, 6.45) is 2.82. The zero-order chi connectivity index (χ0) is 26.9. The molecule has 0 aliphatic carbocycles. The molecular weight excluding hydrogens is 439 g/mol.